The van der Waals surface area contributed by atoms with E-state index in [9.17, 15) is 12.9 Å². The monoisotopic (exact) mass is 264 g/mol. The first-order valence-electron chi connectivity index (χ1n) is 3.48. The number of hydrogen-bond donors (Lipinski definition) is 0. The van der Waals surface area contributed by atoms with Gasteiger partial charge in [0.05, 0.1) is 5.02 Å². The summed E-state index contributed by atoms with van der Waals surface area (Å²) in [5.41, 5.74) is -0.603. The average Bonchev–Trinajstić information content (AvgIpc) is 2.03. The minimum atomic E-state index is -4.92. The van der Waals surface area contributed by atoms with Crippen molar-refractivity contribution >= 4 is 35.8 Å². The van der Waals surface area contributed by atoms with Crippen molar-refractivity contribution in [1.82, 2.24) is 0 Å². The zero-order valence-electron chi connectivity index (χ0n) is 7.73. The summed E-state index contributed by atoms with van der Waals surface area (Å²) in [7, 11) is 0. The molecule has 0 saturated heterocycles. The van der Waals surface area contributed by atoms with Gasteiger partial charge in [0.25, 0.3) is 0 Å². The summed E-state index contributed by atoms with van der Waals surface area (Å²) in [6.07, 6.45) is 1.69. The van der Waals surface area contributed by atoms with Gasteiger partial charge in [0.15, 0.2) is 0 Å². The molecule has 0 radical (unpaired) electrons. The van der Waals surface area contributed by atoms with Gasteiger partial charge in [-0.25, -0.2) is 0 Å². The topological polar surface area (TPSA) is 0 Å². The summed E-state index contributed by atoms with van der Waals surface area (Å²) < 4.78 is 36.7. The van der Waals surface area contributed by atoms with Gasteiger partial charge in [-0.1, -0.05) is 23.7 Å². The molecule has 0 fully saturated rings. The Balaban J connectivity index is 0.00000169. The van der Waals surface area contributed by atoms with Crippen molar-refractivity contribution in [2.45, 2.75) is 4.90 Å². The quantitative estimate of drug-likeness (QED) is 0.540. The van der Waals surface area contributed by atoms with Gasteiger partial charge < -0.3 is 12.9 Å². The van der Waals surface area contributed by atoms with Crippen LogP contribution in [-0.2, 0) is 0 Å². The first-order valence-corrected chi connectivity index (χ1v) is 5.09. The van der Waals surface area contributed by atoms with Gasteiger partial charge in [-0.2, -0.15) is 0 Å². The Kier molecular flexibility index (Phi) is 6.77. The summed E-state index contributed by atoms with van der Waals surface area (Å²) in [6, 6.07) is 3.35. The van der Waals surface area contributed by atoms with Crippen LogP contribution < -0.4 is 56.8 Å². The predicted octanol–water partition coefficient (Wildman–Crippen LogP) is 0.120. The zero-order valence-corrected chi connectivity index (χ0v) is 12.4. The first kappa shape index (κ1) is 15.4. The van der Waals surface area contributed by atoms with E-state index in [4.69, 9.17) is 11.6 Å². The molecule has 0 nitrogen and oxygen atoms in total. The summed E-state index contributed by atoms with van der Waals surface area (Å²) >= 11 is 6.87. The molecule has 0 aromatic heterocycles. The average molecular weight is 265 g/mol. The van der Waals surface area contributed by atoms with Crippen molar-refractivity contribution in [2.75, 3.05) is 6.26 Å². The second-order valence-corrected chi connectivity index (χ2v) is 3.72. The Morgan fingerprint density at radius 2 is 1.86 bits per heavy atom. The molecule has 0 aliphatic rings. The third-order valence-electron chi connectivity index (χ3n) is 1.55. The third kappa shape index (κ3) is 4.08. The first-order chi connectivity index (χ1) is 5.95. The van der Waals surface area contributed by atoms with Crippen molar-refractivity contribution in [3.63, 3.8) is 0 Å². The molecule has 0 spiro atoms. The second kappa shape index (κ2) is 6.18. The van der Waals surface area contributed by atoms with Gasteiger partial charge in [-0.15, -0.1) is 17.2 Å². The van der Waals surface area contributed by atoms with Crippen LogP contribution in [0.5, 0.6) is 0 Å². The fraction of sp³-hybridized carbons (Fsp3) is 0.143. The summed E-state index contributed by atoms with van der Waals surface area (Å²) in [6.45, 7) is -4.92. The molecule has 0 atom stereocenters. The largest absolute Gasteiger partial charge is 1.00 e. The number of rotatable bonds is 2. The molecular formula is C7H6BClF3KS. The minimum Gasteiger partial charge on any atom is -0.445 e. The van der Waals surface area contributed by atoms with Gasteiger partial charge in [0.1, 0.15) is 0 Å². The molecule has 72 valence electrons. The van der Waals surface area contributed by atoms with Crippen LogP contribution in [-0.4, -0.2) is 13.2 Å². The van der Waals surface area contributed by atoms with Gasteiger partial charge in [-0.05, 0) is 12.3 Å². The molecule has 0 amide bonds. The van der Waals surface area contributed by atoms with Crippen molar-refractivity contribution in [2.24, 2.45) is 0 Å². The van der Waals surface area contributed by atoms with Crippen molar-refractivity contribution in [3.8, 4) is 0 Å². The van der Waals surface area contributed by atoms with Crippen LogP contribution in [0.15, 0.2) is 23.1 Å². The Bertz CT molecular complexity index is 318. The predicted molar refractivity (Wildman–Crippen MR) is 51.9 cm³/mol. The van der Waals surface area contributed by atoms with Crippen LogP contribution in [0.4, 0.5) is 12.9 Å². The maximum atomic E-state index is 12.2. The molecule has 0 aliphatic heterocycles. The minimum absolute atomic E-state index is 0. The fourth-order valence-electron chi connectivity index (χ4n) is 0.880. The molecule has 7 heteroatoms. The van der Waals surface area contributed by atoms with Crippen molar-refractivity contribution in [1.29, 1.82) is 0 Å². The Morgan fingerprint density at radius 3 is 2.29 bits per heavy atom. The molecule has 1 aromatic carbocycles. The second-order valence-electron chi connectivity index (χ2n) is 2.47. The molecular weight excluding hydrogens is 259 g/mol. The van der Waals surface area contributed by atoms with Gasteiger partial charge in [-0.3, -0.25) is 0 Å². The normalized spacial score (nSPS) is 10.9. The van der Waals surface area contributed by atoms with E-state index in [1.165, 1.54) is 17.8 Å². The summed E-state index contributed by atoms with van der Waals surface area (Å²) in [5.74, 6) is 0. The molecule has 0 heterocycles. The van der Waals surface area contributed by atoms with Gasteiger partial charge in [0, 0.05) is 4.90 Å². The number of hydrogen-bond acceptors (Lipinski definition) is 1. The third-order valence-corrected chi connectivity index (χ3v) is 2.77. The van der Waals surface area contributed by atoms with E-state index >= 15 is 0 Å². The number of benzene rings is 1. The Labute approximate surface area is 132 Å². The van der Waals surface area contributed by atoms with E-state index in [1.807, 2.05) is 0 Å². The molecule has 14 heavy (non-hydrogen) atoms. The Morgan fingerprint density at radius 1 is 1.29 bits per heavy atom. The van der Waals surface area contributed by atoms with Crippen LogP contribution in [0.1, 0.15) is 0 Å². The van der Waals surface area contributed by atoms with E-state index in [1.54, 1.807) is 6.26 Å². The van der Waals surface area contributed by atoms with E-state index in [2.05, 4.69) is 0 Å². The van der Waals surface area contributed by atoms with Crippen LogP contribution in [0.2, 0.25) is 5.02 Å². The number of thioether (sulfide) groups is 1. The van der Waals surface area contributed by atoms with E-state index in [0.717, 1.165) is 12.1 Å². The van der Waals surface area contributed by atoms with E-state index in [0.29, 0.717) is 9.92 Å². The van der Waals surface area contributed by atoms with Gasteiger partial charge in [0.2, 0.25) is 0 Å². The maximum Gasteiger partial charge on any atom is 1.00 e. The van der Waals surface area contributed by atoms with Crippen LogP contribution in [0.25, 0.3) is 0 Å². The number of halogens is 4. The molecule has 0 aliphatic carbocycles. The SMILES string of the molecule is CSc1cc([B-](F)(F)F)ccc1Cl.[K+]. The standard InChI is InChI=1S/C7H6BClF3S.K/c1-13-7-4-5(8(10,11)12)2-3-6(7)9;/h2-4H,1H3;/q-1;+1. The van der Waals surface area contributed by atoms with Crippen LogP contribution in [0.3, 0.4) is 0 Å². The summed E-state index contributed by atoms with van der Waals surface area (Å²) in [5, 5.41) is 0.358. The van der Waals surface area contributed by atoms with Crippen LogP contribution in [0, 0.1) is 0 Å². The molecule has 1 rings (SSSR count). The maximum absolute atomic E-state index is 12.2. The Hall–Kier alpha value is 1.35. The van der Waals surface area contributed by atoms with Gasteiger partial charge >= 0.3 is 58.4 Å². The summed E-state index contributed by atoms with van der Waals surface area (Å²) in [4.78, 5) is 0.457. The van der Waals surface area contributed by atoms with Crippen molar-refractivity contribution in [3.05, 3.63) is 23.2 Å². The van der Waals surface area contributed by atoms with E-state index in [-0.39, 0.29) is 51.4 Å². The fourth-order valence-corrected chi connectivity index (χ4v) is 1.75. The zero-order chi connectivity index (χ0) is 10.1. The van der Waals surface area contributed by atoms with E-state index < -0.39 is 12.4 Å². The smallest absolute Gasteiger partial charge is 0.445 e. The van der Waals surface area contributed by atoms with Crippen LogP contribution >= 0.6 is 23.4 Å². The molecule has 0 saturated carbocycles. The van der Waals surface area contributed by atoms with Crippen molar-refractivity contribution < 1.29 is 64.3 Å². The molecule has 0 N–H and O–H groups in total. The molecule has 1 aromatic rings. The molecule has 0 bridgehead atoms. The molecule has 0 unspecified atom stereocenters.